The number of nitrogens with zero attached hydrogens (tertiary/aromatic N) is 1. The number of carbonyl (C=O) groups excluding carboxylic acids is 1. The summed E-state index contributed by atoms with van der Waals surface area (Å²) in [5.41, 5.74) is 3.33. The van der Waals surface area contributed by atoms with E-state index >= 15 is 0 Å². The smallest absolute Gasteiger partial charge is 0.224 e. The zero-order valence-corrected chi connectivity index (χ0v) is 18.0. The predicted octanol–water partition coefficient (Wildman–Crippen LogP) is 3.92. The summed E-state index contributed by atoms with van der Waals surface area (Å²) in [6.45, 7) is 3.81. The number of benzene rings is 2. The Kier molecular flexibility index (Phi) is 7.34. The molecule has 0 spiro atoms. The minimum Gasteiger partial charge on any atom is -0.493 e. The Morgan fingerprint density at radius 1 is 1.04 bits per heavy atom. The SMILES string of the molecule is COc1cc(Br)c(CC(=O)NCc2ccccc2CN2CCCC2)cc1OC. The van der Waals surface area contributed by atoms with E-state index in [9.17, 15) is 4.79 Å². The van der Waals surface area contributed by atoms with Crippen molar-refractivity contribution in [3.05, 3.63) is 57.6 Å². The second-order valence-corrected chi connectivity index (χ2v) is 7.86. The van der Waals surface area contributed by atoms with Gasteiger partial charge in [-0.25, -0.2) is 0 Å². The fourth-order valence-corrected chi connectivity index (χ4v) is 3.99. The summed E-state index contributed by atoms with van der Waals surface area (Å²) in [5, 5.41) is 3.06. The van der Waals surface area contributed by atoms with Crippen molar-refractivity contribution < 1.29 is 14.3 Å². The third-order valence-corrected chi connectivity index (χ3v) is 5.83. The molecule has 3 rings (SSSR count). The number of methoxy groups -OCH3 is 2. The fourth-order valence-electron chi connectivity index (χ4n) is 3.53. The van der Waals surface area contributed by atoms with Crippen molar-refractivity contribution in [3.8, 4) is 11.5 Å². The van der Waals surface area contributed by atoms with Gasteiger partial charge in [-0.15, -0.1) is 0 Å². The van der Waals surface area contributed by atoms with Gasteiger partial charge in [0, 0.05) is 17.6 Å². The standard InChI is InChI=1S/C22H27BrN2O3/c1-27-20-11-18(19(23)13-21(20)28-2)12-22(26)24-14-16-7-3-4-8-17(16)15-25-9-5-6-10-25/h3-4,7-8,11,13H,5-6,9-10,12,14-15H2,1-2H3,(H,24,26). The Morgan fingerprint density at radius 3 is 2.36 bits per heavy atom. The third kappa shape index (κ3) is 5.26. The van der Waals surface area contributed by atoms with Crippen LogP contribution in [0.4, 0.5) is 0 Å². The molecule has 2 aromatic carbocycles. The second kappa shape index (κ2) is 9.94. The molecular weight excluding hydrogens is 420 g/mol. The molecule has 6 heteroatoms. The van der Waals surface area contributed by atoms with Crippen LogP contribution in [-0.4, -0.2) is 38.1 Å². The van der Waals surface area contributed by atoms with Crippen LogP contribution in [0.15, 0.2) is 40.9 Å². The molecule has 1 heterocycles. The number of amides is 1. The second-order valence-electron chi connectivity index (χ2n) is 7.00. The summed E-state index contributed by atoms with van der Waals surface area (Å²) < 4.78 is 11.5. The molecule has 0 atom stereocenters. The molecule has 0 aromatic heterocycles. The predicted molar refractivity (Wildman–Crippen MR) is 114 cm³/mol. The van der Waals surface area contributed by atoms with Crippen LogP contribution >= 0.6 is 15.9 Å². The first kappa shape index (κ1) is 20.7. The number of hydrogen-bond donors (Lipinski definition) is 1. The van der Waals surface area contributed by atoms with Gasteiger partial charge >= 0.3 is 0 Å². The van der Waals surface area contributed by atoms with Crippen molar-refractivity contribution in [1.82, 2.24) is 10.2 Å². The van der Waals surface area contributed by atoms with Crippen molar-refractivity contribution in [3.63, 3.8) is 0 Å². The lowest BCUT2D eigenvalue weighted by molar-refractivity contribution is -0.120. The maximum Gasteiger partial charge on any atom is 0.224 e. The molecule has 1 amide bonds. The number of hydrogen-bond acceptors (Lipinski definition) is 4. The largest absolute Gasteiger partial charge is 0.493 e. The molecule has 1 aliphatic rings. The van der Waals surface area contributed by atoms with Crippen LogP contribution in [0.3, 0.4) is 0 Å². The normalized spacial score (nSPS) is 14.1. The van der Waals surface area contributed by atoms with E-state index in [1.165, 1.54) is 24.0 Å². The molecule has 150 valence electrons. The van der Waals surface area contributed by atoms with Crippen LogP contribution in [-0.2, 0) is 24.3 Å². The zero-order valence-electron chi connectivity index (χ0n) is 16.5. The number of halogens is 1. The van der Waals surface area contributed by atoms with Crippen LogP contribution in [0.2, 0.25) is 0 Å². The van der Waals surface area contributed by atoms with E-state index in [-0.39, 0.29) is 12.3 Å². The average Bonchev–Trinajstić information content (AvgIpc) is 3.21. The van der Waals surface area contributed by atoms with Gasteiger partial charge in [0.25, 0.3) is 0 Å². The number of ether oxygens (including phenoxy) is 2. The van der Waals surface area contributed by atoms with Gasteiger partial charge in [-0.05, 0) is 54.8 Å². The first-order chi connectivity index (χ1) is 13.6. The minimum atomic E-state index is -0.0242. The average molecular weight is 447 g/mol. The highest BCUT2D eigenvalue weighted by Crippen LogP contribution is 2.33. The van der Waals surface area contributed by atoms with Crippen LogP contribution < -0.4 is 14.8 Å². The van der Waals surface area contributed by atoms with E-state index in [0.29, 0.717) is 18.0 Å². The van der Waals surface area contributed by atoms with Crippen molar-refractivity contribution in [2.24, 2.45) is 0 Å². The quantitative estimate of drug-likeness (QED) is 0.667. The van der Waals surface area contributed by atoms with Gasteiger partial charge in [0.05, 0.1) is 20.6 Å². The van der Waals surface area contributed by atoms with Gasteiger partial charge in [-0.2, -0.15) is 0 Å². The van der Waals surface area contributed by atoms with E-state index in [1.54, 1.807) is 14.2 Å². The van der Waals surface area contributed by atoms with Gasteiger partial charge in [-0.3, -0.25) is 9.69 Å². The first-order valence-corrected chi connectivity index (χ1v) is 10.4. The Morgan fingerprint density at radius 2 is 1.68 bits per heavy atom. The molecule has 1 N–H and O–H groups in total. The minimum absolute atomic E-state index is 0.0242. The number of carbonyl (C=O) groups is 1. The molecule has 0 radical (unpaired) electrons. The molecule has 28 heavy (non-hydrogen) atoms. The Hall–Kier alpha value is -2.05. The highest BCUT2D eigenvalue weighted by atomic mass is 79.9. The van der Waals surface area contributed by atoms with Crippen LogP contribution in [0, 0.1) is 0 Å². The lowest BCUT2D eigenvalue weighted by atomic mass is 10.1. The molecule has 0 aliphatic carbocycles. The maximum atomic E-state index is 12.5. The van der Waals surface area contributed by atoms with Crippen molar-refractivity contribution in [1.29, 1.82) is 0 Å². The van der Waals surface area contributed by atoms with E-state index in [4.69, 9.17) is 9.47 Å². The molecule has 1 fully saturated rings. The number of likely N-dealkylation sites (tertiary alicyclic amines) is 1. The van der Waals surface area contributed by atoms with Crippen molar-refractivity contribution >= 4 is 21.8 Å². The summed E-state index contributed by atoms with van der Waals surface area (Å²) in [5.74, 6) is 1.22. The molecule has 1 saturated heterocycles. The Bertz CT molecular complexity index is 819. The summed E-state index contributed by atoms with van der Waals surface area (Å²) in [6.07, 6.45) is 2.83. The molecule has 0 saturated carbocycles. The molecule has 0 bridgehead atoms. The molecular formula is C22H27BrN2O3. The monoisotopic (exact) mass is 446 g/mol. The van der Waals surface area contributed by atoms with E-state index in [2.05, 4.69) is 44.3 Å². The lowest BCUT2D eigenvalue weighted by Gasteiger charge is -2.18. The Labute approximate surface area is 175 Å². The number of nitrogens with one attached hydrogen (secondary N) is 1. The van der Waals surface area contributed by atoms with Crippen LogP contribution in [0.1, 0.15) is 29.5 Å². The maximum absolute atomic E-state index is 12.5. The van der Waals surface area contributed by atoms with Gasteiger partial charge in [0.1, 0.15) is 0 Å². The summed E-state index contributed by atoms with van der Waals surface area (Å²) in [4.78, 5) is 15.0. The van der Waals surface area contributed by atoms with Crippen molar-refractivity contribution in [2.45, 2.75) is 32.4 Å². The van der Waals surface area contributed by atoms with Gasteiger partial charge in [0.2, 0.25) is 5.91 Å². The lowest BCUT2D eigenvalue weighted by Crippen LogP contribution is -2.26. The summed E-state index contributed by atoms with van der Waals surface area (Å²) >= 11 is 3.52. The fraction of sp³-hybridized carbons (Fsp3) is 0.409. The van der Waals surface area contributed by atoms with E-state index in [1.807, 2.05) is 18.2 Å². The van der Waals surface area contributed by atoms with Crippen LogP contribution in [0.25, 0.3) is 0 Å². The first-order valence-electron chi connectivity index (χ1n) is 9.57. The highest BCUT2D eigenvalue weighted by molar-refractivity contribution is 9.10. The van der Waals surface area contributed by atoms with E-state index in [0.717, 1.165) is 29.7 Å². The van der Waals surface area contributed by atoms with Crippen molar-refractivity contribution in [2.75, 3.05) is 27.3 Å². The third-order valence-electron chi connectivity index (χ3n) is 5.09. The zero-order chi connectivity index (χ0) is 19.9. The van der Waals surface area contributed by atoms with E-state index < -0.39 is 0 Å². The molecule has 1 aliphatic heterocycles. The van der Waals surface area contributed by atoms with Crippen LogP contribution in [0.5, 0.6) is 11.5 Å². The highest BCUT2D eigenvalue weighted by Gasteiger charge is 2.15. The topological polar surface area (TPSA) is 50.8 Å². The van der Waals surface area contributed by atoms with Gasteiger partial charge < -0.3 is 14.8 Å². The Balaban J connectivity index is 1.62. The molecule has 2 aromatic rings. The summed E-state index contributed by atoms with van der Waals surface area (Å²) in [7, 11) is 3.18. The molecule has 0 unspecified atom stereocenters. The summed E-state index contributed by atoms with van der Waals surface area (Å²) in [6, 6.07) is 12.0. The molecule has 5 nitrogen and oxygen atoms in total. The van der Waals surface area contributed by atoms with Gasteiger partial charge in [0.15, 0.2) is 11.5 Å². The number of rotatable bonds is 8. The van der Waals surface area contributed by atoms with Gasteiger partial charge in [-0.1, -0.05) is 40.2 Å².